The van der Waals surface area contributed by atoms with Gasteiger partial charge in [-0.1, -0.05) is 18.9 Å². The second-order valence-corrected chi connectivity index (χ2v) is 7.83. The smallest absolute Gasteiger partial charge is 0.227 e. The fourth-order valence-electron chi connectivity index (χ4n) is 5.04. The summed E-state index contributed by atoms with van der Waals surface area (Å²) in [5.41, 5.74) is 1.54. The number of hydrogen-bond acceptors (Lipinski definition) is 2. The first-order chi connectivity index (χ1) is 11.7. The first-order valence-electron chi connectivity index (χ1n) is 9.50. The molecule has 0 radical (unpaired) electrons. The topological polar surface area (TPSA) is 32.3 Å². The van der Waals surface area contributed by atoms with E-state index in [1.807, 2.05) is 11.0 Å². The molecule has 1 aliphatic carbocycles. The molecule has 1 amide bonds. The molecule has 2 aliphatic heterocycles. The zero-order chi connectivity index (χ0) is 16.6. The fraction of sp³-hybridized carbons (Fsp3) is 0.650. The molecule has 1 aromatic rings. The molecule has 1 saturated carbocycles. The largest absolute Gasteiger partial charge is 0.317 e. The number of piperidine rings is 1. The quantitative estimate of drug-likeness (QED) is 0.870. The van der Waals surface area contributed by atoms with Crippen LogP contribution in [0.5, 0.6) is 0 Å². The number of rotatable bonds is 3. The van der Waals surface area contributed by atoms with E-state index in [-0.39, 0.29) is 29.5 Å². The molecule has 2 heterocycles. The third-order valence-corrected chi connectivity index (χ3v) is 6.36. The van der Waals surface area contributed by atoms with E-state index in [1.165, 1.54) is 12.8 Å². The van der Waals surface area contributed by atoms with Gasteiger partial charge in [0.2, 0.25) is 5.91 Å². The summed E-state index contributed by atoms with van der Waals surface area (Å²) in [5.74, 6) is 0.720. The number of amides is 1. The maximum absolute atomic E-state index is 14.6. The highest BCUT2D eigenvalue weighted by molar-refractivity contribution is 5.96. The summed E-state index contributed by atoms with van der Waals surface area (Å²) in [5, 5.41) is 3.37. The number of carbonyl (C=O) groups excluding carboxylic acids is 1. The van der Waals surface area contributed by atoms with Gasteiger partial charge in [-0.15, -0.1) is 12.4 Å². The standard InChI is InChI=1S/C20H27FN2O.ClH/c21-16-4-3-5-17-19(16)20(10-1-2-11-20)14-23(17)18(24)7-6-15-8-12-22-13-9-15;/h3-5,15,22H,1-2,6-14H2;1H. The summed E-state index contributed by atoms with van der Waals surface area (Å²) in [6.45, 7) is 2.83. The molecule has 1 N–H and O–H groups in total. The van der Waals surface area contributed by atoms with Gasteiger partial charge in [-0.05, 0) is 63.2 Å². The molecule has 25 heavy (non-hydrogen) atoms. The van der Waals surface area contributed by atoms with Crippen LogP contribution in [0.2, 0.25) is 0 Å². The van der Waals surface area contributed by atoms with Crippen LogP contribution >= 0.6 is 12.4 Å². The normalized spacial score (nSPS) is 22.0. The van der Waals surface area contributed by atoms with Crippen LogP contribution in [0, 0.1) is 11.7 Å². The van der Waals surface area contributed by atoms with Gasteiger partial charge >= 0.3 is 0 Å². The van der Waals surface area contributed by atoms with Gasteiger partial charge in [0.15, 0.2) is 0 Å². The molecule has 3 nitrogen and oxygen atoms in total. The van der Waals surface area contributed by atoms with E-state index in [0.717, 1.165) is 56.4 Å². The molecular formula is C20H28ClFN2O. The van der Waals surface area contributed by atoms with Crippen LogP contribution < -0.4 is 10.2 Å². The number of nitrogens with one attached hydrogen (secondary N) is 1. The molecule has 2 fully saturated rings. The van der Waals surface area contributed by atoms with Gasteiger partial charge in [-0.25, -0.2) is 4.39 Å². The molecule has 4 rings (SSSR count). The van der Waals surface area contributed by atoms with Crippen molar-refractivity contribution in [1.82, 2.24) is 5.32 Å². The molecule has 0 atom stereocenters. The fourth-order valence-corrected chi connectivity index (χ4v) is 5.04. The van der Waals surface area contributed by atoms with E-state index in [2.05, 4.69) is 5.32 Å². The van der Waals surface area contributed by atoms with Gasteiger partial charge in [0.05, 0.1) is 5.69 Å². The highest BCUT2D eigenvalue weighted by atomic mass is 35.5. The molecule has 0 unspecified atom stereocenters. The number of fused-ring (bicyclic) bond motifs is 2. The molecule has 138 valence electrons. The third-order valence-electron chi connectivity index (χ3n) is 6.36. The average molecular weight is 367 g/mol. The van der Waals surface area contributed by atoms with Crippen molar-refractivity contribution in [2.24, 2.45) is 5.92 Å². The Morgan fingerprint density at radius 3 is 2.68 bits per heavy atom. The lowest BCUT2D eigenvalue weighted by Crippen LogP contribution is -2.36. The number of hydrogen-bond donors (Lipinski definition) is 1. The minimum absolute atomic E-state index is 0. The van der Waals surface area contributed by atoms with Crippen LogP contribution in [0.3, 0.4) is 0 Å². The van der Waals surface area contributed by atoms with E-state index in [1.54, 1.807) is 12.1 Å². The Labute approximate surface area is 155 Å². The third kappa shape index (κ3) is 3.43. The van der Waals surface area contributed by atoms with E-state index >= 15 is 0 Å². The predicted molar refractivity (Wildman–Crippen MR) is 101 cm³/mol. The Morgan fingerprint density at radius 1 is 1.24 bits per heavy atom. The zero-order valence-corrected chi connectivity index (χ0v) is 15.5. The van der Waals surface area contributed by atoms with Gasteiger partial charge < -0.3 is 10.2 Å². The van der Waals surface area contributed by atoms with Crippen molar-refractivity contribution in [3.63, 3.8) is 0 Å². The van der Waals surface area contributed by atoms with Crippen molar-refractivity contribution < 1.29 is 9.18 Å². The maximum Gasteiger partial charge on any atom is 0.227 e. The lowest BCUT2D eigenvalue weighted by Gasteiger charge is -2.26. The number of carbonyl (C=O) groups is 1. The SMILES string of the molecule is Cl.O=C(CCC1CCNCC1)N1CC2(CCCC2)c2c(F)cccc21. The lowest BCUT2D eigenvalue weighted by molar-refractivity contribution is -0.119. The van der Waals surface area contributed by atoms with Crippen molar-refractivity contribution in [2.45, 2.75) is 56.8 Å². The summed E-state index contributed by atoms with van der Waals surface area (Å²) in [6.07, 6.45) is 8.21. The lowest BCUT2D eigenvalue weighted by atomic mass is 9.80. The van der Waals surface area contributed by atoms with Crippen LogP contribution in [-0.4, -0.2) is 25.5 Å². The Morgan fingerprint density at radius 2 is 1.96 bits per heavy atom. The minimum atomic E-state index is -0.122. The first-order valence-corrected chi connectivity index (χ1v) is 9.50. The number of anilines is 1. The molecule has 0 aromatic heterocycles. The Balaban J connectivity index is 0.00000182. The Hall–Kier alpha value is -1.13. The second kappa shape index (κ2) is 7.63. The average Bonchev–Trinajstić information content (AvgIpc) is 3.20. The first kappa shape index (κ1) is 18.7. The van der Waals surface area contributed by atoms with Crippen molar-refractivity contribution >= 4 is 24.0 Å². The molecular weight excluding hydrogens is 339 g/mol. The van der Waals surface area contributed by atoms with Crippen molar-refractivity contribution in [2.75, 3.05) is 24.5 Å². The molecule has 0 bridgehead atoms. The summed E-state index contributed by atoms with van der Waals surface area (Å²) >= 11 is 0. The monoisotopic (exact) mass is 366 g/mol. The van der Waals surface area contributed by atoms with Crippen LogP contribution in [-0.2, 0) is 10.2 Å². The Bertz CT molecular complexity index is 624. The molecule has 1 aromatic carbocycles. The van der Waals surface area contributed by atoms with E-state index < -0.39 is 0 Å². The highest BCUT2D eigenvalue weighted by Crippen LogP contribution is 2.51. The van der Waals surface area contributed by atoms with Gasteiger partial charge in [0, 0.05) is 23.9 Å². The molecule has 1 spiro atoms. The van der Waals surface area contributed by atoms with Crippen LogP contribution in [0.4, 0.5) is 10.1 Å². The summed E-state index contributed by atoms with van der Waals surface area (Å²) in [7, 11) is 0. The van der Waals surface area contributed by atoms with Gasteiger partial charge in [-0.2, -0.15) is 0 Å². The number of benzene rings is 1. The van der Waals surface area contributed by atoms with Crippen LogP contribution in [0.25, 0.3) is 0 Å². The summed E-state index contributed by atoms with van der Waals surface area (Å²) in [6, 6.07) is 5.24. The summed E-state index contributed by atoms with van der Waals surface area (Å²) < 4.78 is 14.6. The maximum atomic E-state index is 14.6. The minimum Gasteiger partial charge on any atom is -0.317 e. The number of nitrogens with zero attached hydrogens (tertiary/aromatic N) is 1. The van der Waals surface area contributed by atoms with Gasteiger partial charge in [0.1, 0.15) is 5.82 Å². The van der Waals surface area contributed by atoms with E-state index in [0.29, 0.717) is 18.9 Å². The number of halogens is 2. The molecule has 5 heteroatoms. The molecule has 3 aliphatic rings. The Kier molecular flexibility index (Phi) is 5.69. The van der Waals surface area contributed by atoms with E-state index in [9.17, 15) is 9.18 Å². The van der Waals surface area contributed by atoms with Gasteiger partial charge in [0.25, 0.3) is 0 Å². The van der Waals surface area contributed by atoms with Gasteiger partial charge in [-0.3, -0.25) is 4.79 Å². The van der Waals surface area contributed by atoms with Crippen LogP contribution in [0.1, 0.15) is 56.9 Å². The summed E-state index contributed by atoms with van der Waals surface area (Å²) in [4.78, 5) is 14.8. The highest BCUT2D eigenvalue weighted by Gasteiger charge is 2.47. The second-order valence-electron chi connectivity index (χ2n) is 7.83. The zero-order valence-electron chi connectivity index (χ0n) is 14.7. The molecule has 1 saturated heterocycles. The van der Waals surface area contributed by atoms with Crippen molar-refractivity contribution in [3.05, 3.63) is 29.6 Å². The predicted octanol–water partition coefficient (Wildman–Crippen LogP) is 4.19. The van der Waals surface area contributed by atoms with Crippen LogP contribution in [0.15, 0.2) is 18.2 Å². The van der Waals surface area contributed by atoms with Crippen molar-refractivity contribution in [1.29, 1.82) is 0 Å². The van der Waals surface area contributed by atoms with Crippen molar-refractivity contribution in [3.8, 4) is 0 Å². The van der Waals surface area contributed by atoms with E-state index in [4.69, 9.17) is 0 Å².